The molecule has 1 amide bonds. The Balaban J connectivity index is 2.07. The topological polar surface area (TPSA) is 75.6 Å². The SMILES string of the molecule is CC1OCCC1C(=O)NC1(C(=O)O)CCCCCC1. The molecule has 2 atom stereocenters. The molecule has 0 aromatic rings. The van der Waals surface area contributed by atoms with E-state index in [0.717, 1.165) is 25.7 Å². The van der Waals surface area contributed by atoms with Crippen LogP contribution in [0.3, 0.4) is 0 Å². The van der Waals surface area contributed by atoms with Gasteiger partial charge in [0, 0.05) is 6.61 Å². The first kappa shape index (κ1) is 14.3. The van der Waals surface area contributed by atoms with Gasteiger partial charge in [0.05, 0.1) is 12.0 Å². The molecule has 1 saturated heterocycles. The molecule has 2 N–H and O–H groups in total. The molecule has 1 heterocycles. The van der Waals surface area contributed by atoms with E-state index in [4.69, 9.17) is 4.74 Å². The minimum absolute atomic E-state index is 0.114. The molecule has 0 aromatic carbocycles. The molecular weight excluding hydrogens is 246 g/mol. The van der Waals surface area contributed by atoms with Crippen LogP contribution in [0, 0.1) is 5.92 Å². The molecule has 0 radical (unpaired) electrons. The average Bonchev–Trinajstić information content (AvgIpc) is 2.64. The van der Waals surface area contributed by atoms with Crippen LogP contribution >= 0.6 is 0 Å². The van der Waals surface area contributed by atoms with Crippen molar-refractivity contribution in [3.05, 3.63) is 0 Å². The molecule has 2 unspecified atom stereocenters. The molecule has 2 fully saturated rings. The number of ether oxygens (including phenoxy) is 1. The number of rotatable bonds is 3. The molecule has 1 aliphatic carbocycles. The van der Waals surface area contributed by atoms with Gasteiger partial charge in [-0.25, -0.2) is 4.79 Å². The Morgan fingerprint density at radius 3 is 2.32 bits per heavy atom. The number of carbonyl (C=O) groups excluding carboxylic acids is 1. The van der Waals surface area contributed by atoms with Crippen molar-refractivity contribution < 1.29 is 19.4 Å². The van der Waals surface area contributed by atoms with E-state index >= 15 is 0 Å². The first-order chi connectivity index (χ1) is 9.05. The lowest BCUT2D eigenvalue weighted by Crippen LogP contribution is -2.56. The molecule has 0 aromatic heterocycles. The quantitative estimate of drug-likeness (QED) is 0.765. The lowest BCUT2D eigenvalue weighted by molar-refractivity contribution is -0.149. The maximum atomic E-state index is 12.3. The van der Waals surface area contributed by atoms with Crippen LogP contribution in [0.5, 0.6) is 0 Å². The number of amides is 1. The second-order valence-corrected chi connectivity index (χ2v) is 5.76. The maximum absolute atomic E-state index is 12.3. The Morgan fingerprint density at radius 1 is 1.21 bits per heavy atom. The zero-order valence-electron chi connectivity index (χ0n) is 11.5. The number of nitrogens with one attached hydrogen (secondary N) is 1. The molecule has 2 aliphatic rings. The first-order valence-electron chi connectivity index (χ1n) is 7.22. The molecule has 0 spiro atoms. The van der Waals surface area contributed by atoms with E-state index < -0.39 is 11.5 Å². The fourth-order valence-corrected chi connectivity index (χ4v) is 3.13. The van der Waals surface area contributed by atoms with Crippen molar-refractivity contribution in [3.63, 3.8) is 0 Å². The molecule has 0 bridgehead atoms. The summed E-state index contributed by atoms with van der Waals surface area (Å²) >= 11 is 0. The summed E-state index contributed by atoms with van der Waals surface area (Å²) in [7, 11) is 0. The van der Waals surface area contributed by atoms with Gasteiger partial charge in [0.2, 0.25) is 5.91 Å². The third-order valence-electron chi connectivity index (χ3n) is 4.44. The highest BCUT2D eigenvalue weighted by Crippen LogP contribution is 2.29. The number of carboxylic acids is 1. The van der Waals surface area contributed by atoms with E-state index in [-0.39, 0.29) is 17.9 Å². The van der Waals surface area contributed by atoms with Crippen LogP contribution in [0.15, 0.2) is 0 Å². The van der Waals surface area contributed by atoms with Gasteiger partial charge in [0.25, 0.3) is 0 Å². The van der Waals surface area contributed by atoms with Crippen LogP contribution in [-0.4, -0.2) is 35.2 Å². The zero-order valence-corrected chi connectivity index (χ0v) is 11.5. The summed E-state index contributed by atoms with van der Waals surface area (Å²) in [6, 6.07) is 0. The number of hydrogen-bond donors (Lipinski definition) is 2. The van der Waals surface area contributed by atoms with Crippen molar-refractivity contribution in [2.75, 3.05) is 6.61 Å². The van der Waals surface area contributed by atoms with E-state index in [1.54, 1.807) is 0 Å². The van der Waals surface area contributed by atoms with Gasteiger partial charge >= 0.3 is 5.97 Å². The first-order valence-corrected chi connectivity index (χ1v) is 7.22. The summed E-state index contributed by atoms with van der Waals surface area (Å²) in [6.45, 7) is 2.46. The van der Waals surface area contributed by atoms with Gasteiger partial charge in [-0.05, 0) is 26.2 Å². The number of aliphatic carboxylic acids is 1. The van der Waals surface area contributed by atoms with E-state index in [2.05, 4.69) is 5.32 Å². The van der Waals surface area contributed by atoms with Gasteiger partial charge in [-0.1, -0.05) is 25.7 Å². The summed E-state index contributed by atoms with van der Waals surface area (Å²) in [5, 5.41) is 12.4. The Labute approximate surface area is 113 Å². The van der Waals surface area contributed by atoms with Gasteiger partial charge in [0.15, 0.2) is 0 Å². The van der Waals surface area contributed by atoms with Gasteiger partial charge < -0.3 is 15.2 Å². The molecule has 5 heteroatoms. The van der Waals surface area contributed by atoms with Crippen LogP contribution in [0.2, 0.25) is 0 Å². The third kappa shape index (κ3) is 3.08. The molecular formula is C14H23NO4. The van der Waals surface area contributed by atoms with Crippen molar-refractivity contribution >= 4 is 11.9 Å². The fraction of sp³-hybridized carbons (Fsp3) is 0.857. The molecule has 5 nitrogen and oxygen atoms in total. The molecule has 108 valence electrons. The van der Waals surface area contributed by atoms with E-state index in [1.165, 1.54) is 0 Å². The minimum Gasteiger partial charge on any atom is -0.480 e. The lowest BCUT2D eigenvalue weighted by atomic mass is 9.88. The summed E-state index contributed by atoms with van der Waals surface area (Å²) in [5.41, 5.74) is -1.06. The predicted molar refractivity (Wildman–Crippen MR) is 69.7 cm³/mol. The maximum Gasteiger partial charge on any atom is 0.329 e. The fourth-order valence-electron chi connectivity index (χ4n) is 3.13. The molecule has 2 rings (SSSR count). The number of carboxylic acid groups (broad SMARTS) is 1. The van der Waals surface area contributed by atoms with Gasteiger partial charge in [-0.3, -0.25) is 4.79 Å². The number of hydrogen-bond acceptors (Lipinski definition) is 3. The monoisotopic (exact) mass is 269 g/mol. The van der Waals surface area contributed by atoms with Gasteiger partial charge in [0.1, 0.15) is 5.54 Å². The van der Waals surface area contributed by atoms with Crippen LogP contribution in [0.4, 0.5) is 0 Å². The standard InChI is InChI=1S/C14H23NO4/c1-10-11(6-9-19-10)12(16)15-14(13(17)18)7-4-2-3-5-8-14/h10-11H,2-9H2,1H3,(H,15,16)(H,17,18). The van der Waals surface area contributed by atoms with Crippen LogP contribution in [0.25, 0.3) is 0 Å². The zero-order chi connectivity index (χ0) is 13.9. The highest BCUT2D eigenvalue weighted by atomic mass is 16.5. The largest absolute Gasteiger partial charge is 0.480 e. The normalized spacial score (nSPS) is 30.6. The van der Waals surface area contributed by atoms with Crippen molar-refractivity contribution in [1.82, 2.24) is 5.32 Å². The van der Waals surface area contributed by atoms with Crippen LogP contribution in [0.1, 0.15) is 51.9 Å². The van der Waals surface area contributed by atoms with E-state index in [0.29, 0.717) is 25.9 Å². The minimum atomic E-state index is -1.06. The van der Waals surface area contributed by atoms with E-state index in [1.807, 2.05) is 6.92 Å². The summed E-state index contributed by atoms with van der Waals surface area (Å²) in [4.78, 5) is 23.9. The molecule has 1 saturated carbocycles. The average molecular weight is 269 g/mol. The second-order valence-electron chi connectivity index (χ2n) is 5.76. The Hall–Kier alpha value is -1.10. The highest BCUT2D eigenvalue weighted by molar-refractivity contribution is 5.88. The number of carbonyl (C=O) groups is 2. The van der Waals surface area contributed by atoms with Gasteiger partial charge in [-0.15, -0.1) is 0 Å². The second kappa shape index (κ2) is 5.90. The smallest absolute Gasteiger partial charge is 0.329 e. The van der Waals surface area contributed by atoms with Crippen molar-refractivity contribution in [2.45, 2.75) is 63.5 Å². The van der Waals surface area contributed by atoms with Gasteiger partial charge in [-0.2, -0.15) is 0 Å². The Bertz CT molecular complexity index is 347. The Morgan fingerprint density at radius 2 is 1.84 bits per heavy atom. The predicted octanol–water partition coefficient (Wildman–Crippen LogP) is 1.71. The van der Waals surface area contributed by atoms with Crippen molar-refractivity contribution in [2.24, 2.45) is 5.92 Å². The Kier molecular flexibility index (Phi) is 4.45. The third-order valence-corrected chi connectivity index (χ3v) is 4.44. The van der Waals surface area contributed by atoms with Crippen LogP contribution in [-0.2, 0) is 14.3 Å². The summed E-state index contributed by atoms with van der Waals surface area (Å²) in [6.07, 6.45) is 5.47. The van der Waals surface area contributed by atoms with Crippen molar-refractivity contribution in [1.29, 1.82) is 0 Å². The highest BCUT2D eigenvalue weighted by Gasteiger charge is 2.42. The summed E-state index contributed by atoms with van der Waals surface area (Å²) in [5.74, 6) is -1.26. The lowest BCUT2D eigenvalue weighted by Gasteiger charge is -2.31. The van der Waals surface area contributed by atoms with E-state index in [9.17, 15) is 14.7 Å². The van der Waals surface area contributed by atoms with Crippen LogP contribution < -0.4 is 5.32 Å². The molecule has 1 aliphatic heterocycles. The summed E-state index contributed by atoms with van der Waals surface area (Å²) < 4.78 is 5.39. The molecule has 19 heavy (non-hydrogen) atoms. The van der Waals surface area contributed by atoms with Crippen molar-refractivity contribution in [3.8, 4) is 0 Å².